The first kappa shape index (κ1) is 15.1. The number of amides is 3. The lowest BCUT2D eigenvalue weighted by atomic mass is 10.1. The zero-order valence-corrected chi connectivity index (χ0v) is 12.8. The fraction of sp³-hybridized carbons (Fsp3) is 0.222. The lowest BCUT2D eigenvalue weighted by molar-refractivity contribution is 0.0987. The summed E-state index contributed by atoms with van der Waals surface area (Å²) in [7, 11) is 0. The molecular weight excluding hydrogens is 290 g/mol. The Bertz CT molecular complexity index is 743. The highest BCUT2D eigenvalue weighted by molar-refractivity contribution is 6.07. The third-order valence-corrected chi connectivity index (χ3v) is 3.98. The van der Waals surface area contributed by atoms with Crippen molar-refractivity contribution in [2.75, 3.05) is 16.8 Å². The van der Waals surface area contributed by atoms with Gasteiger partial charge in [-0.1, -0.05) is 24.3 Å². The molecule has 2 aromatic carbocycles. The summed E-state index contributed by atoms with van der Waals surface area (Å²) in [6.45, 7) is 0.698. The van der Waals surface area contributed by atoms with Gasteiger partial charge in [0.15, 0.2) is 0 Å². The van der Waals surface area contributed by atoms with Gasteiger partial charge in [-0.3, -0.25) is 4.79 Å². The van der Waals surface area contributed by atoms with Crippen LogP contribution in [0.15, 0.2) is 48.5 Å². The van der Waals surface area contributed by atoms with Crippen LogP contribution in [-0.2, 0) is 6.42 Å². The van der Waals surface area contributed by atoms with Gasteiger partial charge >= 0.3 is 6.03 Å². The first-order valence-electron chi connectivity index (χ1n) is 7.71. The summed E-state index contributed by atoms with van der Waals surface area (Å²) in [5, 5.41) is 2.50. The number of fused-ring (bicyclic) bond motifs is 1. The molecule has 5 heteroatoms. The molecule has 0 fully saturated rings. The van der Waals surface area contributed by atoms with Crippen LogP contribution < -0.4 is 16.0 Å². The molecule has 0 atom stereocenters. The number of para-hydroxylation sites is 1. The van der Waals surface area contributed by atoms with E-state index in [9.17, 15) is 9.59 Å². The van der Waals surface area contributed by atoms with Gasteiger partial charge in [-0.2, -0.15) is 0 Å². The Morgan fingerprint density at radius 3 is 2.70 bits per heavy atom. The highest BCUT2D eigenvalue weighted by Gasteiger charge is 2.22. The smallest absolute Gasteiger partial charge is 0.316 e. The Labute approximate surface area is 135 Å². The Morgan fingerprint density at radius 2 is 1.87 bits per heavy atom. The van der Waals surface area contributed by atoms with E-state index in [2.05, 4.69) is 11.4 Å². The van der Waals surface area contributed by atoms with Crippen molar-refractivity contribution in [2.24, 2.45) is 5.73 Å². The number of nitrogens with one attached hydrogen (secondary N) is 1. The minimum absolute atomic E-state index is 0.0625. The minimum atomic E-state index is -0.644. The van der Waals surface area contributed by atoms with Crippen molar-refractivity contribution in [3.63, 3.8) is 0 Å². The molecule has 0 aliphatic carbocycles. The largest absolute Gasteiger partial charge is 0.351 e. The van der Waals surface area contributed by atoms with E-state index < -0.39 is 6.03 Å². The van der Waals surface area contributed by atoms with E-state index in [0.717, 1.165) is 24.9 Å². The number of rotatable bonds is 2. The van der Waals surface area contributed by atoms with Crippen molar-refractivity contribution in [3.05, 3.63) is 59.7 Å². The molecule has 0 bridgehead atoms. The Morgan fingerprint density at radius 1 is 1.04 bits per heavy atom. The van der Waals surface area contributed by atoms with Crippen molar-refractivity contribution in [2.45, 2.75) is 19.3 Å². The van der Waals surface area contributed by atoms with Crippen molar-refractivity contribution < 1.29 is 9.59 Å². The standard InChI is InChI=1S/C18H19N3O2/c19-18(23)20-15-9-5-8-14(12-15)17(22)21-11-4-3-7-13-6-1-2-10-16(13)21/h1-2,5-6,8-10,12H,3-4,7,11H2,(H3,19,20,23). The minimum Gasteiger partial charge on any atom is -0.351 e. The van der Waals surface area contributed by atoms with Gasteiger partial charge < -0.3 is 16.0 Å². The summed E-state index contributed by atoms with van der Waals surface area (Å²) in [6.07, 6.45) is 3.03. The van der Waals surface area contributed by atoms with Crippen molar-refractivity contribution in [3.8, 4) is 0 Å². The third kappa shape index (κ3) is 3.34. The second-order valence-corrected chi connectivity index (χ2v) is 5.61. The monoisotopic (exact) mass is 309 g/mol. The van der Waals surface area contributed by atoms with Crippen LogP contribution in [0, 0.1) is 0 Å². The summed E-state index contributed by atoms with van der Waals surface area (Å²) in [6, 6.07) is 14.2. The van der Waals surface area contributed by atoms with E-state index in [-0.39, 0.29) is 5.91 Å². The van der Waals surface area contributed by atoms with Gasteiger partial charge in [0.25, 0.3) is 5.91 Å². The topological polar surface area (TPSA) is 75.4 Å². The van der Waals surface area contributed by atoms with Crippen LogP contribution in [-0.4, -0.2) is 18.5 Å². The first-order valence-corrected chi connectivity index (χ1v) is 7.71. The van der Waals surface area contributed by atoms with Crippen molar-refractivity contribution in [1.82, 2.24) is 0 Å². The molecule has 1 aliphatic heterocycles. The molecule has 0 radical (unpaired) electrons. The maximum Gasteiger partial charge on any atom is 0.316 e. The zero-order chi connectivity index (χ0) is 16.2. The summed E-state index contributed by atoms with van der Waals surface area (Å²) in [5.41, 5.74) is 8.36. The number of anilines is 2. The summed E-state index contributed by atoms with van der Waals surface area (Å²) < 4.78 is 0. The molecule has 0 unspecified atom stereocenters. The number of urea groups is 1. The van der Waals surface area contributed by atoms with E-state index in [0.29, 0.717) is 17.8 Å². The van der Waals surface area contributed by atoms with Crippen LogP contribution in [0.1, 0.15) is 28.8 Å². The summed E-state index contributed by atoms with van der Waals surface area (Å²) in [5.74, 6) is -0.0625. The second kappa shape index (κ2) is 6.52. The Balaban J connectivity index is 1.92. The average Bonchev–Trinajstić information content (AvgIpc) is 2.76. The van der Waals surface area contributed by atoms with Crippen molar-refractivity contribution >= 4 is 23.3 Å². The normalized spacial score (nSPS) is 13.8. The fourth-order valence-electron chi connectivity index (χ4n) is 2.93. The molecular formula is C18H19N3O2. The maximum atomic E-state index is 12.9. The number of nitrogens with zero attached hydrogens (tertiary/aromatic N) is 1. The number of nitrogens with two attached hydrogens (primary N) is 1. The number of carbonyl (C=O) groups excluding carboxylic acids is 2. The van der Waals surface area contributed by atoms with Crippen LogP contribution in [0.3, 0.4) is 0 Å². The molecule has 3 rings (SSSR count). The lowest BCUT2D eigenvalue weighted by Crippen LogP contribution is -2.31. The molecule has 2 aromatic rings. The molecule has 3 N–H and O–H groups in total. The number of carbonyl (C=O) groups is 2. The van der Waals surface area contributed by atoms with Crippen LogP contribution in [0.2, 0.25) is 0 Å². The number of aryl methyl sites for hydroxylation is 1. The molecule has 5 nitrogen and oxygen atoms in total. The fourth-order valence-corrected chi connectivity index (χ4v) is 2.93. The highest BCUT2D eigenvalue weighted by atomic mass is 16.2. The molecule has 0 saturated heterocycles. The number of hydrogen-bond donors (Lipinski definition) is 2. The SMILES string of the molecule is NC(=O)Nc1cccc(C(=O)N2CCCCc3ccccc32)c1. The van der Waals surface area contributed by atoms with Crippen molar-refractivity contribution in [1.29, 1.82) is 0 Å². The quantitative estimate of drug-likeness (QED) is 0.894. The van der Waals surface area contributed by atoms with Crippen LogP contribution in [0.5, 0.6) is 0 Å². The zero-order valence-electron chi connectivity index (χ0n) is 12.8. The van der Waals surface area contributed by atoms with E-state index in [1.807, 2.05) is 23.1 Å². The predicted octanol–water partition coefficient (Wildman–Crippen LogP) is 3.16. The van der Waals surface area contributed by atoms with Crippen LogP contribution in [0.25, 0.3) is 0 Å². The number of benzene rings is 2. The van der Waals surface area contributed by atoms with E-state index in [1.54, 1.807) is 24.3 Å². The molecule has 1 aliphatic rings. The van der Waals surface area contributed by atoms with Gasteiger partial charge in [0.1, 0.15) is 0 Å². The Kier molecular flexibility index (Phi) is 4.28. The summed E-state index contributed by atoms with van der Waals surface area (Å²) in [4.78, 5) is 25.7. The van der Waals surface area contributed by atoms with Gasteiger partial charge in [0.05, 0.1) is 0 Å². The molecule has 118 valence electrons. The molecule has 1 heterocycles. The summed E-state index contributed by atoms with van der Waals surface area (Å²) >= 11 is 0. The van der Waals surface area contributed by atoms with Gasteiger partial charge in [0.2, 0.25) is 0 Å². The molecule has 0 spiro atoms. The lowest BCUT2D eigenvalue weighted by Gasteiger charge is -2.23. The van der Waals surface area contributed by atoms with E-state index >= 15 is 0 Å². The second-order valence-electron chi connectivity index (χ2n) is 5.61. The molecule has 0 saturated carbocycles. The third-order valence-electron chi connectivity index (χ3n) is 3.98. The predicted molar refractivity (Wildman–Crippen MR) is 90.7 cm³/mol. The molecule has 23 heavy (non-hydrogen) atoms. The van der Waals surface area contributed by atoms with Crippen LogP contribution in [0.4, 0.5) is 16.2 Å². The highest BCUT2D eigenvalue weighted by Crippen LogP contribution is 2.27. The van der Waals surface area contributed by atoms with Gasteiger partial charge in [-0.25, -0.2) is 4.79 Å². The Hall–Kier alpha value is -2.82. The molecule has 3 amide bonds. The van der Waals surface area contributed by atoms with E-state index in [4.69, 9.17) is 5.73 Å². The van der Waals surface area contributed by atoms with E-state index in [1.165, 1.54) is 5.56 Å². The average molecular weight is 309 g/mol. The first-order chi connectivity index (χ1) is 11.1. The molecule has 0 aromatic heterocycles. The van der Waals surface area contributed by atoms with Crippen LogP contribution >= 0.6 is 0 Å². The van der Waals surface area contributed by atoms with Gasteiger partial charge in [-0.15, -0.1) is 0 Å². The number of primary amides is 1. The van der Waals surface area contributed by atoms with Gasteiger partial charge in [-0.05, 0) is 49.1 Å². The number of hydrogen-bond acceptors (Lipinski definition) is 2. The van der Waals surface area contributed by atoms with Gasteiger partial charge in [0, 0.05) is 23.5 Å². The maximum absolute atomic E-state index is 12.9.